The van der Waals surface area contributed by atoms with Crippen molar-refractivity contribution in [2.24, 2.45) is 0 Å². The fraction of sp³-hybridized carbons (Fsp3) is 0.196. The van der Waals surface area contributed by atoms with Crippen molar-refractivity contribution in [1.29, 1.82) is 0 Å². The van der Waals surface area contributed by atoms with Crippen LogP contribution in [0.25, 0.3) is 122 Å². The first-order valence-electron chi connectivity index (χ1n) is 37.4. The second-order valence-electron chi connectivity index (χ2n) is 34.0. The Morgan fingerprint density at radius 1 is 0.184 bits per heavy atom. The molecule has 498 valence electrons. The van der Waals surface area contributed by atoms with Gasteiger partial charge >= 0.3 is 0 Å². The largest absolute Gasteiger partial charge is 0.309 e. The summed E-state index contributed by atoms with van der Waals surface area (Å²) >= 11 is 0. The van der Waals surface area contributed by atoms with E-state index in [1.165, 1.54) is 217 Å². The fourth-order valence-corrected chi connectivity index (χ4v) is 20.6. The van der Waals surface area contributed by atoms with E-state index < -0.39 is 0 Å². The molecule has 0 unspecified atom stereocenters. The summed E-state index contributed by atoms with van der Waals surface area (Å²) in [5.41, 5.74) is 47.9. The first-order valence-corrected chi connectivity index (χ1v) is 37.4. The Bertz CT molecular complexity index is 5870. The van der Waals surface area contributed by atoms with Crippen molar-refractivity contribution in [3.63, 3.8) is 0 Å². The van der Waals surface area contributed by atoms with Crippen molar-refractivity contribution in [3.8, 4) is 111 Å². The Balaban J connectivity index is 0.713. The van der Waals surface area contributed by atoms with Crippen LogP contribution in [-0.4, -0.2) is 0 Å². The van der Waals surface area contributed by atoms with E-state index in [9.17, 15) is 0 Å². The van der Waals surface area contributed by atoms with Crippen LogP contribution in [0.2, 0.25) is 0 Å². The molecule has 0 saturated carbocycles. The molecule has 0 fully saturated rings. The highest BCUT2D eigenvalue weighted by Crippen LogP contribution is 2.62. The third kappa shape index (κ3) is 8.31. The van der Waals surface area contributed by atoms with Gasteiger partial charge in [0.05, 0.1) is 5.69 Å². The smallest absolute Gasteiger partial charge is 0.0543 e. The monoisotopic (exact) mass is 1320 g/mol. The van der Waals surface area contributed by atoms with Crippen LogP contribution in [0.3, 0.4) is 0 Å². The average Bonchev–Trinajstić information content (AvgIpc) is 1.55. The summed E-state index contributed by atoms with van der Waals surface area (Å²) in [6.45, 7) is 33.8. The average molecular weight is 1320 g/mol. The van der Waals surface area contributed by atoms with Crippen LogP contribution < -0.4 is 4.90 Å². The molecule has 0 aliphatic heterocycles. The first kappa shape index (κ1) is 62.0. The van der Waals surface area contributed by atoms with Gasteiger partial charge < -0.3 is 4.90 Å². The lowest BCUT2D eigenvalue weighted by Crippen LogP contribution is -2.18. The van der Waals surface area contributed by atoms with E-state index in [1.54, 1.807) is 0 Å². The van der Waals surface area contributed by atoms with Crippen molar-refractivity contribution in [2.45, 2.75) is 129 Å². The maximum atomic E-state index is 2.65. The van der Waals surface area contributed by atoms with Crippen molar-refractivity contribution in [2.75, 3.05) is 4.90 Å². The predicted octanol–water partition coefficient (Wildman–Crippen LogP) is 27.4. The van der Waals surface area contributed by atoms with Crippen LogP contribution in [-0.2, 0) is 32.5 Å². The van der Waals surface area contributed by atoms with Gasteiger partial charge in [-0.05, 0) is 275 Å². The van der Waals surface area contributed by atoms with Gasteiger partial charge in [-0.3, -0.25) is 0 Å². The number of fused-ring (bicyclic) bond motifs is 20. The molecule has 0 saturated heterocycles. The molecular weight excluding hydrogens is 1240 g/mol. The molecule has 0 heterocycles. The zero-order chi connectivity index (χ0) is 70.5. The molecule has 0 radical (unpaired) electrons. The number of rotatable bonds is 7. The van der Waals surface area contributed by atoms with E-state index in [0.717, 1.165) is 0 Å². The topological polar surface area (TPSA) is 3.24 Å². The van der Waals surface area contributed by atoms with E-state index >= 15 is 0 Å². The van der Waals surface area contributed by atoms with E-state index in [4.69, 9.17) is 0 Å². The third-order valence-corrected chi connectivity index (χ3v) is 26.5. The predicted molar refractivity (Wildman–Crippen MR) is 435 cm³/mol. The molecule has 0 N–H and O–H groups in total. The SMILES string of the molecule is Cc1c(-c2ccc3c(c2)C(C)(C)c2cc(-c4ccc5c(c4)C(C)(C)c4ccccc4-5)ccc2-3)cccc1N(c1cccc(-c2ccc3c(c2)C(C)(C)c2cc(-c4ccc5c(c4)C(C)(C)c4ccccc4-5)ccc2-3)c1C)c1cc2c(c3ccccc13)-c1cc3c(cc1C2(C)C)-c1ccccc1C3(C)C. The second-order valence-corrected chi connectivity index (χ2v) is 34.0. The lowest BCUT2D eigenvalue weighted by Gasteiger charge is -2.33. The van der Waals surface area contributed by atoms with Crippen LogP contribution >= 0.6 is 0 Å². The minimum Gasteiger partial charge on any atom is -0.309 e. The maximum absolute atomic E-state index is 2.65. The molecule has 14 aromatic carbocycles. The summed E-state index contributed by atoms with van der Waals surface area (Å²) in [6, 6.07) is 102. The second kappa shape index (κ2) is 20.9. The van der Waals surface area contributed by atoms with Gasteiger partial charge in [0, 0.05) is 49.3 Å². The van der Waals surface area contributed by atoms with Crippen LogP contribution in [0.4, 0.5) is 17.1 Å². The number of benzene rings is 14. The van der Waals surface area contributed by atoms with E-state index in [-0.39, 0.29) is 32.5 Å². The van der Waals surface area contributed by atoms with Crippen LogP contribution in [0.5, 0.6) is 0 Å². The third-order valence-electron chi connectivity index (χ3n) is 26.5. The molecule has 0 amide bonds. The number of nitrogens with zero attached hydrogens (tertiary/aromatic N) is 1. The Labute approximate surface area is 608 Å². The molecule has 14 aromatic rings. The number of hydrogen-bond donors (Lipinski definition) is 0. The highest BCUT2D eigenvalue weighted by molar-refractivity contribution is 6.11. The summed E-state index contributed by atoms with van der Waals surface area (Å²) in [6.07, 6.45) is 0. The normalized spacial score (nSPS) is 16.3. The molecule has 6 aliphatic rings. The Hall–Kier alpha value is -10.9. The Kier molecular flexibility index (Phi) is 12.6. The minimum absolute atomic E-state index is 0.0664. The molecule has 6 aliphatic carbocycles. The van der Waals surface area contributed by atoms with E-state index in [1.807, 2.05) is 0 Å². The maximum Gasteiger partial charge on any atom is 0.0543 e. The van der Waals surface area contributed by atoms with Crippen LogP contribution in [0.15, 0.2) is 261 Å². The lowest BCUT2D eigenvalue weighted by atomic mass is 9.79. The molecule has 103 heavy (non-hydrogen) atoms. The summed E-state index contributed by atoms with van der Waals surface area (Å²) in [7, 11) is 0. The van der Waals surface area contributed by atoms with Gasteiger partial charge in [-0.15, -0.1) is 0 Å². The van der Waals surface area contributed by atoms with Gasteiger partial charge in [-0.2, -0.15) is 0 Å². The fourth-order valence-electron chi connectivity index (χ4n) is 20.6. The number of anilines is 3. The molecular formula is C102H85N. The minimum atomic E-state index is -0.306. The first-order chi connectivity index (χ1) is 49.4. The molecule has 1 nitrogen and oxygen atoms in total. The highest BCUT2D eigenvalue weighted by Gasteiger charge is 2.45. The van der Waals surface area contributed by atoms with Crippen LogP contribution in [0.1, 0.15) is 161 Å². The van der Waals surface area contributed by atoms with E-state index in [0.29, 0.717) is 0 Å². The molecule has 0 atom stereocenters. The lowest BCUT2D eigenvalue weighted by molar-refractivity contribution is 0.652. The molecule has 0 spiro atoms. The Morgan fingerprint density at radius 3 is 0.854 bits per heavy atom. The van der Waals surface area contributed by atoms with Crippen molar-refractivity contribution < 1.29 is 0 Å². The molecule has 0 bridgehead atoms. The zero-order valence-corrected chi connectivity index (χ0v) is 61.8. The standard InChI is InChI=1S/C102H85N/c1-58-66(64-41-47-75-73-45-39-62(51-86(73)100(9,10)88(75)53-64)60-37-43-71-68-25-17-20-32-81(68)97(3,4)84(71)49-60)30-23-35-93(58)103(95-57-92-96(78-29-16-15-28-77(78)95)80-56-90-79(55-91(80)102(92,13)14)70-27-19-22-34-83(70)99(90,7)8)94-36-24-31-67(59(94)2)65-42-48-76-74-46-40-63(52-87(74)101(11,12)89(76)54-65)61-38-44-72-69-26-18-21-33-82(69)98(5,6)85(72)50-61/h15-57H,1-14H3. The highest BCUT2D eigenvalue weighted by atomic mass is 15.1. The van der Waals surface area contributed by atoms with Crippen molar-refractivity contribution >= 4 is 27.8 Å². The zero-order valence-electron chi connectivity index (χ0n) is 61.8. The van der Waals surface area contributed by atoms with Gasteiger partial charge in [-0.25, -0.2) is 0 Å². The van der Waals surface area contributed by atoms with Crippen molar-refractivity contribution in [1.82, 2.24) is 0 Å². The van der Waals surface area contributed by atoms with Gasteiger partial charge in [0.1, 0.15) is 0 Å². The van der Waals surface area contributed by atoms with Crippen LogP contribution in [0, 0.1) is 13.8 Å². The molecule has 0 aromatic heterocycles. The van der Waals surface area contributed by atoms with E-state index in [2.05, 4.69) is 363 Å². The number of hydrogen-bond acceptors (Lipinski definition) is 1. The molecule has 1 heteroatoms. The summed E-state index contributed by atoms with van der Waals surface area (Å²) in [5, 5.41) is 2.52. The summed E-state index contributed by atoms with van der Waals surface area (Å²) < 4.78 is 0. The summed E-state index contributed by atoms with van der Waals surface area (Å²) in [4.78, 5) is 2.65. The Morgan fingerprint density at radius 2 is 0.456 bits per heavy atom. The van der Waals surface area contributed by atoms with Gasteiger partial charge in [0.15, 0.2) is 0 Å². The van der Waals surface area contributed by atoms with Gasteiger partial charge in [0.2, 0.25) is 0 Å². The molecule has 20 rings (SSSR count). The van der Waals surface area contributed by atoms with Gasteiger partial charge in [0.25, 0.3) is 0 Å². The van der Waals surface area contributed by atoms with Crippen molar-refractivity contribution in [3.05, 3.63) is 339 Å². The quantitative estimate of drug-likeness (QED) is 0.154. The van der Waals surface area contributed by atoms with Gasteiger partial charge in [-0.1, -0.05) is 277 Å². The summed E-state index contributed by atoms with van der Waals surface area (Å²) in [5.74, 6) is 0.